The van der Waals surface area contributed by atoms with Crippen LogP contribution >= 0.6 is 11.6 Å². The second-order valence-corrected chi connectivity index (χ2v) is 8.17. The SMILES string of the molecule is CCN(CCO)Cc1cccc(C(=O)Nc2ccc(Cl)cc2C(=O)N/N=C/c2cccc(O)c2)c1. The highest BCUT2D eigenvalue weighted by atomic mass is 35.5. The van der Waals surface area contributed by atoms with Crippen LogP contribution in [0.4, 0.5) is 5.69 Å². The molecule has 8 nitrogen and oxygen atoms in total. The lowest BCUT2D eigenvalue weighted by Gasteiger charge is -2.19. The molecule has 4 N–H and O–H groups in total. The topological polar surface area (TPSA) is 114 Å². The second-order valence-electron chi connectivity index (χ2n) is 7.73. The standard InChI is InChI=1S/C26H27ClN4O4/c1-2-31(11-12-32)17-19-6-3-7-20(13-19)25(34)29-24-10-9-21(27)15-23(24)26(35)30-28-16-18-5-4-8-22(33)14-18/h3-10,13-16,32-33H,2,11-12,17H2,1H3,(H,29,34)(H,30,35)/b28-16+. The van der Waals surface area contributed by atoms with E-state index in [-0.39, 0.29) is 29.5 Å². The molecular formula is C26H27ClN4O4. The number of hydrogen-bond acceptors (Lipinski definition) is 6. The molecule has 9 heteroatoms. The van der Waals surface area contributed by atoms with Gasteiger partial charge in [-0.25, -0.2) is 5.43 Å². The maximum absolute atomic E-state index is 13.0. The van der Waals surface area contributed by atoms with Crippen molar-refractivity contribution in [2.75, 3.05) is 25.0 Å². The maximum Gasteiger partial charge on any atom is 0.273 e. The van der Waals surface area contributed by atoms with Crippen LogP contribution in [0.25, 0.3) is 0 Å². The van der Waals surface area contributed by atoms with Crippen molar-refractivity contribution in [2.45, 2.75) is 13.5 Å². The van der Waals surface area contributed by atoms with Crippen molar-refractivity contribution in [1.82, 2.24) is 10.3 Å². The molecule has 0 spiro atoms. The van der Waals surface area contributed by atoms with Gasteiger partial charge in [-0.3, -0.25) is 14.5 Å². The fraction of sp³-hybridized carbons (Fsp3) is 0.192. The number of phenolic OH excluding ortho intramolecular Hbond substituents is 1. The van der Waals surface area contributed by atoms with Crippen LogP contribution in [0.3, 0.4) is 0 Å². The summed E-state index contributed by atoms with van der Waals surface area (Å²) in [6.07, 6.45) is 1.39. The molecule has 2 amide bonds. The normalized spacial score (nSPS) is 11.1. The van der Waals surface area contributed by atoms with Gasteiger partial charge in [0.05, 0.1) is 24.1 Å². The monoisotopic (exact) mass is 494 g/mol. The van der Waals surface area contributed by atoms with Gasteiger partial charge in [-0.1, -0.05) is 42.8 Å². The number of carbonyl (C=O) groups is 2. The minimum atomic E-state index is -0.560. The molecule has 0 bridgehead atoms. The van der Waals surface area contributed by atoms with Gasteiger partial charge >= 0.3 is 0 Å². The zero-order valence-electron chi connectivity index (χ0n) is 19.2. The largest absolute Gasteiger partial charge is 0.508 e. The van der Waals surface area contributed by atoms with Gasteiger partial charge in [-0.15, -0.1) is 0 Å². The van der Waals surface area contributed by atoms with Crippen molar-refractivity contribution in [1.29, 1.82) is 0 Å². The Morgan fingerprint density at radius 2 is 1.86 bits per heavy atom. The molecule has 0 saturated heterocycles. The first-order valence-corrected chi connectivity index (χ1v) is 11.4. The summed E-state index contributed by atoms with van der Waals surface area (Å²) >= 11 is 6.09. The highest BCUT2D eigenvalue weighted by molar-refractivity contribution is 6.31. The van der Waals surface area contributed by atoms with Crippen molar-refractivity contribution in [3.63, 3.8) is 0 Å². The number of aliphatic hydroxyl groups excluding tert-OH is 1. The summed E-state index contributed by atoms with van der Waals surface area (Å²) in [5, 5.41) is 25.7. The van der Waals surface area contributed by atoms with Gasteiger partial charge in [-0.2, -0.15) is 5.10 Å². The number of nitrogens with one attached hydrogen (secondary N) is 2. The molecule has 3 aromatic rings. The summed E-state index contributed by atoms with van der Waals surface area (Å²) in [4.78, 5) is 27.8. The van der Waals surface area contributed by atoms with Gasteiger partial charge < -0.3 is 15.5 Å². The first kappa shape index (κ1) is 25.9. The van der Waals surface area contributed by atoms with Crippen LogP contribution in [0.2, 0.25) is 5.02 Å². The number of hydrogen-bond donors (Lipinski definition) is 4. The van der Waals surface area contributed by atoms with Crippen LogP contribution in [0, 0.1) is 0 Å². The molecule has 0 fully saturated rings. The van der Waals surface area contributed by atoms with E-state index in [2.05, 4.69) is 20.7 Å². The second kappa shape index (κ2) is 12.7. The molecule has 3 rings (SSSR count). The van der Waals surface area contributed by atoms with Crippen LogP contribution in [0.1, 0.15) is 38.8 Å². The number of rotatable bonds is 10. The van der Waals surface area contributed by atoms with E-state index in [1.54, 1.807) is 42.5 Å². The Labute approximate surface area is 208 Å². The summed E-state index contributed by atoms with van der Waals surface area (Å²) in [6.45, 7) is 3.99. The molecule has 0 unspecified atom stereocenters. The Bertz CT molecular complexity index is 1220. The minimum absolute atomic E-state index is 0.0628. The third kappa shape index (κ3) is 7.65. The first-order valence-electron chi connectivity index (χ1n) is 11.0. The predicted molar refractivity (Wildman–Crippen MR) is 137 cm³/mol. The third-order valence-corrected chi connectivity index (χ3v) is 5.42. The average Bonchev–Trinajstić information content (AvgIpc) is 2.85. The summed E-state index contributed by atoms with van der Waals surface area (Å²) in [7, 11) is 0. The smallest absolute Gasteiger partial charge is 0.273 e. The van der Waals surface area contributed by atoms with Crippen LogP contribution in [0.5, 0.6) is 5.75 Å². The lowest BCUT2D eigenvalue weighted by molar-refractivity contribution is 0.0956. The van der Waals surface area contributed by atoms with Gasteiger partial charge in [0.2, 0.25) is 0 Å². The predicted octanol–water partition coefficient (Wildman–Crippen LogP) is 3.88. The molecule has 182 valence electrons. The Hall–Kier alpha value is -3.72. The van der Waals surface area contributed by atoms with Crippen molar-refractivity contribution in [3.05, 3.63) is 94.0 Å². The summed E-state index contributed by atoms with van der Waals surface area (Å²) in [5.41, 5.74) is 4.81. The number of hydrazone groups is 1. The molecule has 3 aromatic carbocycles. The first-order chi connectivity index (χ1) is 16.9. The molecule has 0 aromatic heterocycles. The Morgan fingerprint density at radius 3 is 2.60 bits per heavy atom. The molecule has 0 aliphatic rings. The fourth-order valence-corrected chi connectivity index (χ4v) is 3.57. The summed E-state index contributed by atoms with van der Waals surface area (Å²) in [5.74, 6) is -0.854. The molecular weight excluding hydrogens is 468 g/mol. The number of aliphatic hydroxyl groups is 1. The third-order valence-electron chi connectivity index (χ3n) is 5.18. The molecule has 0 aliphatic carbocycles. The average molecular weight is 495 g/mol. The Morgan fingerprint density at radius 1 is 1.06 bits per heavy atom. The number of benzene rings is 3. The van der Waals surface area contributed by atoms with Crippen LogP contribution in [0.15, 0.2) is 71.8 Å². The van der Waals surface area contributed by atoms with Crippen LogP contribution in [-0.4, -0.2) is 52.8 Å². The zero-order valence-corrected chi connectivity index (χ0v) is 20.0. The van der Waals surface area contributed by atoms with Crippen molar-refractivity contribution in [2.24, 2.45) is 5.10 Å². The number of nitrogens with zero attached hydrogens (tertiary/aromatic N) is 2. The molecule has 0 aliphatic heterocycles. The van der Waals surface area contributed by atoms with E-state index in [1.165, 1.54) is 24.4 Å². The van der Waals surface area contributed by atoms with Gasteiger partial charge in [-0.05, 0) is 60.1 Å². The zero-order chi connectivity index (χ0) is 25.2. The van der Waals surface area contributed by atoms with E-state index in [4.69, 9.17) is 11.6 Å². The molecule has 0 radical (unpaired) electrons. The molecule has 0 atom stereocenters. The minimum Gasteiger partial charge on any atom is -0.508 e. The van der Waals surface area contributed by atoms with Gasteiger partial charge in [0, 0.05) is 23.7 Å². The van der Waals surface area contributed by atoms with Gasteiger partial charge in [0.1, 0.15) is 5.75 Å². The Balaban J connectivity index is 1.73. The highest BCUT2D eigenvalue weighted by Crippen LogP contribution is 2.22. The number of anilines is 1. The van der Waals surface area contributed by atoms with Crippen LogP contribution in [-0.2, 0) is 6.54 Å². The summed E-state index contributed by atoms with van der Waals surface area (Å²) in [6, 6.07) is 18.2. The number of phenols is 1. The van der Waals surface area contributed by atoms with Gasteiger partial charge in [0.15, 0.2) is 0 Å². The van der Waals surface area contributed by atoms with Crippen molar-refractivity contribution in [3.8, 4) is 5.75 Å². The van der Waals surface area contributed by atoms with E-state index < -0.39 is 5.91 Å². The van der Waals surface area contributed by atoms with E-state index in [0.29, 0.717) is 29.2 Å². The number of aromatic hydroxyl groups is 1. The molecule has 0 heterocycles. The maximum atomic E-state index is 13.0. The fourth-order valence-electron chi connectivity index (χ4n) is 3.40. The van der Waals surface area contributed by atoms with E-state index in [9.17, 15) is 19.8 Å². The summed E-state index contributed by atoms with van der Waals surface area (Å²) < 4.78 is 0. The lowest BCUT2D eigenvalue weighted by atomic mass is 10.1. The van der Waals surface area contributed by atoms with Crippen LogP contribution < -0.4 is 10.7 Å². The number of likely N-dealkylation sites (N-methyl/N-ethyl adjacent to an activating group) is 1. The lowest BCUT2D eigenvalue weighted by Crippen LogP contribution is -2.26. The number of halogens is 1. The van der Waals surface area contributed by atoms with E-state index in [1.807, 2.05) is 13.0 Å². The highest BCUT2D eigenvalue weighted by Gasteiger charge is 2.16. The van der Waals surface area contributed by atoms with E-state index in [0.717, 1.165) is 12.1 Å². The Kier molecular flexibility index (Phi) is 9.37. The quantitative estimate of drug-likeness (QED) is 0.252. The number of amides is 2. The van der Waals surface area contributed by atoms with Crippen molar-refractivity contribution < 1.29 is 19.8 Å². The molecule has 0 saturated carbocycles. The van der Waals surface area contributed by atoms with E-state index >= 15 is 0 Å². The van der Waals surface area contributed by atoms with Crippen molar-refractivity contribution >= 4 is 35.3 Å². The van der Waals surface area contributed by atoms with Gasteiger partial charge in [0.25, 0.3) is 11.8 Å². The number of carbonyl (C=O) groups excluding carboxylic acids is 2. The molecule has 35 heavy (non-hydrogen) atoms.